The number of carboxylic acids is 1. The van der Waals surface area contributed by atoms with E-state index in [2.05, 4.69) is 5.32 Å². The number of hydrogen-bond donors (Lipinski definition) is 2. The Morgan fingerprint density at radius 1 is 0.944 bits per heavy atom. The molecule has 0 saturated carbocycles. The molecule has 3 aromatic rings. The molecule has 3 amide bonds. The first-order chi connectivity index (χ1) is 17.3. The van der Waals surface area contributed by atoms with Gasteiger partial charge in [-0.15, -0.1) is 0 Å². The minimum absolute atomic E-state index is 0.144. The molecule has 0 aliphatic rings. The molecule has 9 heteroatoms. The summed E-state index contributed by atoms with van der Waals surface area (Å²) in [4.78, 5) is 39.2. The topological polar surface area (TPSA) is 86.7 Å². The van der Waals surface area contributed by atoms with Crippen molar-refractivity contribution in [3.05, 3.63) is 94.0 Å². The Kier molecular flexibility index (Phi) is 10.2. The van der Waals surface area contributed by atoms with Gasteiger partial charge in [-0.1, -0.05) is 78.7 Å². The first-order valence-corrected chi connectivity index (χ1v) is 13.2. The van der Waals surface area contributed by atoms with Crippen LogP contribution in [0.3, 0.4) is 0 Å². The van der Waals surface area contributed by atoms with Crippen molar-refractivity contribution in [2.45, 2.75) is 25.1 Å². The molecule has 3 rings (SSSR count). The molecule has 3 aromatic carbocycles. The summed E-state index contributed by atoms with van der Waals surface area (Å²) in [6, 6.07) is 19.8. The number of urea groups is 1. The van der Waals surface area contributed by atoms with Gasteiger partial charge in [0.1, 0.15) is 6.04 Å². The average molecular weight is 545 g/mol. The van der Waals surface area contributed by atoms with Gasteiger partial charge in [0, 0.05) is 23.6 Å². The van der Waals surface area contributed by atoms with Gasteiger partial charge in [0.2, 0.25) is 0 Å². The van der Waals surface area contributed by atoms with E-state index in [1.165, 1.54) is 11.8 Å². The number of nitrogens with one attached hydrogen (secondary N) is 1. The normalized spacial score (nSPS) is 11.5. The molecule has 0 radical (unpaired) electrons. The number of carbonyl (C=O) groups is 3. The molecular weight excluding hydrogens is 519 g/mol. The fourth-order valence-corrected chi connectivity index (χ4v) is 4.76. The fourth-order valence-electron chi connectivity index (χ4n) is 3.45. The molecular formula is C27H26Cl2N2O4S. The molecule has 6 nitrogen and oxygen atoms in total. The maximum absolute atomic E-state index is 13.3. The minimum atomic E-state index is -1.16. The number of carboxylic acid groups (broad SMARTS) is 1. The molecule has 0 heterocycles. The molecule has 0 aliphatic heterocycles. The van der Waals surface area contributed by atoms with Crippen molar-refractivity contribution < 1.29 is 19.5 Å². The van der Waals surface area contributed by atoms with Gasteiger partial charge in [0.15, 0.2) is 0 Å². The van der Waals surface area contributed by atoms with Crippen molar-refractivity contribution >= 4 is 52.9 Å². The van der Waals surface area contributed by atoms with Crippen LogP contribution in [0.5, 0.6) is 0 Å². The number of hydrogen-bond acceptors (Lipinski definition) is 4. The summed E-state index contributed by atoms with van der Waals surface area (Å²) >= 11 is 13.5. The maximum atomic E-state index is 13.3. The summed E-state index contributed by atoms with van der Waals surface area (Å²) in [5, 5.41) is 13.0. The van der Waals surface area contributed by atoms with E-state index >= 15 is 0 Å². The third kappa shape index (κ3) is 7.50. The zero-order chi connectivity index (χ0) is 26.1. The predicted octanol–water partition coefficient (Wildman–Crippen LogP) is 6.61. The van der Waals surface area contributed by atoms with Crippen molar-refractivity contribution in [1.29, 1.82) is 0 Å². The van der Waals surface area contributed by atoms with Crippen LogP contribution in [0.1, 0.15) is 29.3 Å². The molecule has 0 unspecified atom stereocenters. The number of nitrogens with zero attached hydrogens (tertiary/aromatic N) is 1. The van der Waals surface area contributed by atoms with Crippen LogP contribution < -0.4 is 5.32 Å². The van der Waals surface area contributed by atoms with Crippen LogP contribution in [0.25, 0.3) is 11.1 Å². The Labute approximate surface area is 224 Å². The van der Waals surface area contributed by atoms with Gasteiger partial charge < -0.3 is 10.4 Å². The van der Waals surface area contributed by atoms with Crippen molar-refractivity contribution in [2.24, 2.45) is 0 Å². The molecule has 188 valence electrons. The summed E-state index contributed by atoms with van der Waals surface area (Å²) in [6.07, 6.45) is 0.520. The Bertz CT molecular complexity index is 1220. The van der Waals surface area contributed by atoms with Gasteiger partial charge in [0.25, 0.3) is 5.91 Å². The highest BCUT2D eigenvalue weighted by atomic mass is 35.5. The number of benzene rings is 3. The first kappa shape index (κ1) is 27.6. The summed E-state index contributed by atoms with van der Waals surface area (Å²) < 4.78 is 0. The zero-order valence-corrected chi connectivity index (χ0v) is 21.9. The van der Waals surface area contributed by atoms with Gasteiger partial charge >= 0.3 is 12.0 Å². The molecule has 36 heavy (non-hydrogen) atoms. The van der Waals surface area contributed by atoms with E-state index in [1.54, 1.807) is 36.4 Å². The number of carbonyl (C=O) groups excluding carboxylic acids is 2. The Morgan fingerprint density at radius 2 is 1.67 bits per heavy atom. The lowest BCUT2D eigenvalue weighted by Crippen LogP contribution is -2.51. The number of rotatable bonds is 10. The molecule has 2 N–H and O–H groups in total. The second-order valence-electron chi connectivity index (χ2n) is 8.01. The summed E-state index contributed by atoms with van der Waals surface area (Å²) in [6.45, 7) is 1.98. The smallest absolute Gasteiger partial charge is 0.327 e. The molecule has 0 spiro atoms. The largest absolute Gasteiger partial charge is 0.480 e. The number of aliphatic carboxylic acids is 1. The average Bonchev–Trinajstić information content (AvgIpc) is 2.88. The van der Waals surface area contributed by atoms with E-state index in [4.69, 9.17) is 23.2 Å². The van der Waals surface area contributed by atoms with Gasteiger partial charge in [-0.05, 0) is 47.4 Å². The summed E-state index contributed by atoms with van der Waals surface area (Å²) in [7, 11) is 0. The van der Waals surface area contributed by atoms with E-state index in [9.17, 15) is 19.5 Å². The predicted molar refractivity (Wildman–Crippen MR) is 146 cm³/mol. The van der Waals surface area contributed by atoms with Gasteiger partial charge in [0.05, 0.1) is 10.0 Å². The minimum Gasteiger partial charge on any atom is -0.480 e. The number of amides is 3. The van der Waals surface area contributed by atoms with Gasteiger partial charge in [-0.3, -0.25) is 9.69 Å². The van der Waals surface area contributed by atoms with Crippen molar-refractivity contribution in [2.75, 3.05) is 12.3 Å². The van der Waals surface area contributed by atoms with Crippen molar-refractivity contribution in [3.63, 3.8) is 0 Å². The van der Waals surface area contributed by atoms with Crippen LogP contribution in [0.2, 0.25) is 10.0 Å². The Hall–Kier alpha value is -3.00. The van der Waals surface area contributed by atoms with E-state index < -0.39 is 23.9 Å². The van der Waals surface area contributed by atoms with Crippen LogP contribution in [0.4, 0.5) is 4.79 Å². The third-order valence-electron chi connectivity index (χ3n) is 5.29. The fraction of sp³-hybridized carbons (Fsp3) is 0.222. The second kappa shape index (κ2) is 13.3. The molecule has 0 fully saturated rings. The van der Waals surface area contributed by atoms with E-state index in [0.717, 1.165) is 21.6 Å². The highest BCUT2D eigenvalue weighted by Crippen LogP contribution is 2.29. The molecule has 0 bridgehead atoms. The molecule has 0 aliphatic carbocycles. The lowest BCUT2D eigenvalue weighted by molar-refractivity contribution is -0.138. The monoisotopic (exact) mass is 544 g/mol. The zero-order valence-electron chi connectivity index (χ0n) is 19.6. The van der Waals surface area contributed by atoms with E-state index in [1.807, 2.05) is 43.3 Å². The highest BCUT2D eigenvalue weighted by molar-refractivity contribution is 7.98. The second-order valence-corrected chi connectivity index (χ2v) is 9.85. The molecule has 0 saturated heterocycles. The number of thioether (sulfide) groups is 1. The SMILES string of the molecule is CCCN(C(=O)N[C@@H](CSCc1ccccc1)C(=O)O)C(=O)c1cccc(-c2ccc(Cl)c(Cl)c2)c1. The molecule has 1 atom stereocenters. The van der Waals surface area contributed by atoms with E-state index in [0.29, 0.717) is 27.8 Å². The summed E-state index contributed by atoms with van der Waals surface area (Å²) in [5.74, 6) is -0.900. The lowest BCUT2D eigenvalue weighted by atomic mass is 10.0. The van der Waals surface area contributed by atoms with Crippen LogP contribution >= 0.6 is 35.0 Å². The quantitative estimate of drug-likeness (QED) is 0.300. The lowest BCUT2D eigenvalue weighted by Gasteiger charge is -2.23. The van der Waals surface area contributed by atoms with Crippen molar-refractivity contribution in [3.8, 4) is 11.1 Å². The summed E-state index contributed by atoms with van der Waals surface area (Å²) in [5.41, 5.74) is 2.86. The molecule has 0 aromatic heterocycles. The Morgan fingerprint density at radius 3 is 2.33 bits per heavy atom. The van der Waals surface area contributed by atoms with Crippen LogP contribution in [0, 0.1) is 0 Å². The van der Waals surface area contributed by atoms with Crippen LogP contribution in [0.15, 0.2) is 72.8 Å². The Balaban J connectivity index is 1.72. The van der Waals surface area contributed by atoms with Gasteiger partial charge in [-0.25, -0.2) is 9.59 Å². The standard InChI is InChI=1S/C27H26Cl2N2O4S/c1-2-13-31(27(35)30-24(26(33)34)17-36-16-18-7-4-3-5-8-18)25(32)21-10-6-9-19(14-21)20-11-12-22(28)23(29)15-20/h3-12,14-15,24H,2,13,16-17H2,1H3,(H,30,35)(H,33,34)/t24-/m0/s1. The van der Waals surface area contributed by atoms with Gasteiger partial charge in [-0.2, -0.15) is 11.8 Å². The number of halogens is 2. The van der Waals surface area contributed by atoms with E-state index in [-0.39, 0.29) is 12.3 Å². The van der Waals surface area contributed by atoms with Crippen LogP contribution in [-0.2, 0) is 10.5 Å². The first-order valence-electron chi connectivity index (χ1n) is 11.3. The third-order valence-corrected chi connectivity index (χ3v) is 7.14. The van der Waals surface area contributed by atoms with Crippen molar-refractivity contribution in [1.82, 2.24) is 10.2 Å². The number of imide groups is 1. The highest BCUT2D eigenvalue weighted by Gasteiger charge is 2.27. The maximum Gasteiger partial charge on any atom is 0.327 e. The van der Waals surface area contributed by atoms with Crippen LogP contribution in [-0.4, -0.2) is 46.3 Å².